The number of methoxy groups -OCH3 is 1. The number of aryl methyl sites for hydroxylation is 2. The molecule has 0 aliphatic heterocycles. The molecule has 0 atom stereocenters. The van der Waals surface area contributed by atoms with Crippen LogP contribution < -0.4 is 10.1 Å². The number of hydrogen-bond acceptors (Lipinski definition) is 7. The van der Waals surface area contributed by atoms with Crippen molar-refractivity contribution in [3.63, 3.8) is 0 Å². The van der Waals surface area contributed by atoms with Crippen molar-refractivity contribution >= 4 is 17.7 Å². The van der Waals surface area contributed by atoms with Crippen LogP contribution in [0.1, 0.15) is 29.1 Å². The third kappa shape index (κ3) is 5.05. The molecule has 158 valence electrons. The van der Waals surface area contributed by atoms with Crippen molar-refractivity contribution in [2.45, 2.75) is 33.6 Å². The minimum Gasteiger partial charge on any atom is -0.497 e. The second kappa shape index (κ2) is 9.25. The van der Waals surface area contributed by atoms with E-state index in [1.807, 2.05) is 42.8 Å². The normalized spacial score (nSPS) is 10.7. The van der Waals surface area contributed by atoms with Crippen molar-refractivity contribution in [3.05, 3.63) is 53.0 Å². The predicted octanol–water partition coefficient (Wildman–Crippen LogP) is 2.91. The lowest BCUT2D eigenvalue weighted by Gasteiger charge is -2.08. The zero-order valence-electron chi connectivity index (χ0n) is 17.4. The molecule has 1 amide bonds. The SMILES string of the molecule is COc1cccc(-n2nc(C)c(CCC(=O)OCC(=O)Nc3cc(C)on3)c2C)c1. The molecule has 0 aliphatic carbocycles. The minimum absolute atomic E-state index is 0.141. The Morgan fingerprint density at radius 2 is 2.00 bits per heavy atom. The lowest BCUT2D eigenvalue weighted by Crippen LogP contribution is -2.21. The summed E-state index contributed by atoms with van der Waals surface area (Å²) in [5.41, 5.74) is 3.62. The molecule has 0 unspecified atom stereocenters. The molecular formula is C21H24N4O5. The highest BCUT2D eigenvalue weighted by Gasteiger charge is 2.16. The van der Waals surface area contributed by atoms with E-state index >= 15 is 0 Å². The molecule has 0 saturated heterocycles. The zero-order chi connectivity index (χ0) is 21.7. The summed E-state index contributed by atoms with van der Waals surface area (Å²) in [6.07, 6.45) is 0.604. The second-order valence-corrected chi connectivity index (χ2v) is 6.79. The van der Waals surface area contributed by atoms with Gasteiger partial charge < -0.3 is 19.3 Å². The van der Waals surface area contributed by atoms with E-state index in [0.717, 1.165) is 28.4 Å². The van der Waals surface area contributed by atoms with Gasteiger partial charge in [-0.15, -0.1) is 0 Å². The topological polar surface area (TPSA) is 108 Å². The summed E-state index contributed by atoms with van der Waals surface area (Å²) in [5.74, 6) is 0.654. The number of carbonyl (C=O) groups is 2. The Bertz CT molecular complexity index is 1050. The Balaban J connectivity index is 1.55. The third-order valence-corrected chi connectivity index (χ3v) is 4.58. The molecule has 9 heteroatoms. The van der Waals surface area contributed by atoms with Gasteiger partial charge in [-0.1, -0.05) is 11.2 Å². The Hall–Kier alpha value is -3.62. The highest BCUT2D eigenvalue weighted by atomic mass is 16.5. The summed E-state index contributed by atoms with van der Waals surface area (Å²) in [6, 6.07) is 9.17. The number of amides is 1. The first kappa shape index (κ1) is 21.1. The summed E-state index contributed by atoms with van der Waals surface area (Å²) in [4.78, 5) is 23.9. The van der Waals surface area contributed by atoms with E-state index in [1.165, 1.54) is 0 Å². The van der Waals surface area contributed by atoms with Gasteiger partial charge in [0.15, 0.2) is 12.4 Å². The van der Waals surface area contributed by atoms with Gasteiger partial charge in [-0.3, -0.25) is 9.59 Å². The molecule has 0 saturated carbocycles. The molecule has 0 spiro atoms. The Morgan fingerprint density at radius 1 is 1.20 bits per heavy atom. The molecule has 0 radical (unpaired) electrons. The van der Waals surface area contributed by atoms with Gasteiger partial charge in [0.1, 0.15) is 11.5 Å². The Labute approximate surface area is 174 Å². The number of rotatable bonds is 8. The predicted molar refractivity (Wildman–Crippen MR) is 109 cm³/mol. The lowest BCUT2D eigenvalue weighted by atomic mass is 10.1. The monoisotopic (exact) mass is 412 g/mol. The molecule has 0 fully saturated rings. The van der Waals surface area contributed by atoms with Crippen molar-refractivity contribution in [2.75, 3.05) is 19.0 Å². The first-order chi connectivity index (χ1) is 14.4. The zero-order valence-corrected chi connectivity index (χ0v) is 17.4. The maximum Gasteiger partial charge on any atom is 0.306 e. The largest absolute Gasteiger partial charge is 0.497 e. The van der Waals surface area contributed by atoms with Crippen LogP contribution in [0.3, 0.4) is 0 Å². The first-order valence-electron chi connectivity index (χ1n) is 9.45. The fourth-order valence-corrected chi connectivity index (χ4v) is 3.08. The summed E-state index contributed by atoms with van der Waals surface area (Å²) in [6.45, 7) is 5.18. The maximum atomic E-state index is 12.1. The van der Waals surface area contributed by atoms with Crippen LogP contribution in [-0.4, -0.2) is 40.5 Å². The minimum atomic E-state index is -0.477. The van der Waals surface area contributed by atoms with Crippen LogP contribution >= 0.6 is 0 Å². The maximum absolute atomic E-state index is 12.1. The van der Waals surface area contributed by atoms with Gasteiger partial charge in [-0.2, -0.15) is 5.10 Å². The molecular weight excluding hydrogens is 388 g/mol. The molecule has 30 heavy (non-hydrogen) atoms. The number of carbonyl (C=O) groups excluding carboxylic acids is 2. The van der Waals surface area contributed by atoms with E-state index in [4.69, 9.17) is 14.0 Å². The fraction of sp³-hybridized carbons (Fsp3) is 0.333. The van der Waals surface area contributed by atoms with Gasteiger partial charge >= 0.3 is 5.97 Å². The van der Waals surface area contributed by atoms with Crippen molar-refractivity contribution in [3.8, 4) is 11.4 Å². The number of ether oxygens (including phenoxy) is 2. The summed E-state index contributed by atoms with van der Waals surface area (Å²) in [7, 11) is 1.62. The Morgan fingerprint density at radius 3 is 2.70 bits per heavy atom. The highest BCUT2D eigenvalue weighted by Crippen LogP contribution is 2.22. The molecule has 2 heterocycles. The number of aromatic nitrogens is 3. The number of benzene rings is 1. The van der Waals surface area contributed by atoms with E-state index in [9.17, 15) is 9.59 Å². The molecule has 0 aliphatic rings. The average molecular weight is 412 g/mol. The molecule has 3 rings (SSSR count). The van der Waals surface area contributed by atoms with E-state index < -0.39 is 11.9 Å². The third-order valence-electron chi connectivity index (χ3n) is 4.58. The summed E-state index contributed by atoms with van der Waals surface area (Å²) < 4.78 is 17.0. The van der Waals surface area contributed by atoms with Crippen molar-refractivity contribution in [2.24, 2.45) is 0 Å². The van der Waals surface area contributed by atoms with Crippen LogP contribution in [0.15, 0.2) is 34.9 Å². The number of hydrogen-bond donors (Lipinski definition) is 1. The van der Waals surface area contributed by atoms with E-state index in [1.54, 1.807) is 20.1 Å². The summed E-state index contributed by atoms with van der Waals surface area (Å²) >= 11 is 0. The standard InChI is InChI=1S/C21H24N4O5/c1-13-10-19(24-30-13)22-20(26)12-29-21(27)9-8-18-14(2)23-25(15(18)3)16-6-5-7-17(11-16)28-4/h5-7,10-11H,8-9,12H2,1-4H3,(H,22,24,26). The number of nitrogens with zero attached hydrogens (tertiary/aromatic N) is 3. The fourth-order valence-electron chi connectivity index (χ4n) is 3.08. The van der Waals surface area contributed by atoms with Crippen LogP contribution in [0.2, 0.25) is 0 Å². The highest BCUT2D eigenvalue weighted by molar-refractivity contribution is 5.91. The van der Waals surface area contributed by atoms with Gasteiger partial charge in [0.25, 0.3) is 5.91 Å². The molecule has 0 bridgehead atoms. The quantitative estimate of drug-likeness (QED) is 0.567. The molecule has 9 nitrogen and oxygen atoms in total. The number of nitrogens with one attached hydrogen (secondary N) is 1. The van der Waals surface area contributed by atoms with Gasteiger partial charge in [0.05, 0.1) is 18.5 Å². The molecule has 2 aromatic heterocycles. The van der Waals surface area contributed by atoms with Crippen LogP contribution in [0.5, 0.6) is 5.75 Å². The van der Waals surface area contributed by atoms with E-state index in [-0.39, 0.29) is 18.8 Å². The van der Waals surface area contributed by atoms with Gasteiger partial charge in [-0.05, 0) is 44.9 Å². The average Bonchev–Trinajstić information content (AvgIpc) is 3.26. The van der Waals surface area contributed by atoms with Gasteiger partial charge in [0.2, 0.25) is 0 Å². The van der Waals surface area contributed by atoms with Crippen LogP contribution in [-0.2, 0) is 20.7 Å². The number of esters is 1. The smallest absolute Gasteiger partial charge is 0.306 e. The van der Waals surface area contributed by atoms with Crippen molar-refractivity contribution < 1.29 is 23.6 Å². The Kier molecular flexibility index (Phi) is 6.51. The first-order valence-corrected chi connectivity index (χ1v) is 9.45. The molecule has 3 aromatic rings. The van der Waals surface area contributed by atoms with E-state index in [0.29, 0.717) is 12.2 Å². The lowest BCUT2D eigenvalue weighted by molar-refractivity contribution is -0.147. The van der Waals surface area contributed by atoms with Crippen molar-refractivity contribution in [1.29, 1.82) is 0 Å². The van der Waals surface area contributed by atoms with Gasteiger partial charge in [-0.25, -0.2) is 4.68 Å². The second-order valence-electron chi connectivity index (χ2n) is 6.79. The number of anilines is 1. The van der Waals surface area contributed by atoms with Gasteiger partial charge in [0, 0.05) is 24.2 Å². The van der Waals surface area contributed by atoms with Crippen LogP contribution in [0, 0.1) is 20.8 Å². The van der Waals surface area contributed by atoms with Crippen LogP contribution in [0.25, 0.3) is 5.69 Å². The molecule has 1 aromatic carbocycles. The van der Waals surface area contributed by atoms with E-state index in [2.05, 4.69) is 15.6 Å². The van der Waals surface area contributed by atoms with Crippen LogP contribution in [0.4, 0.5) is 5.82 Å². The molecule has 1 N–H and O–H groups in total. The summed E-state index contributed by atoms with van der Waals surface area (Å²) in [5, 5.41) is 10.7. The van der Waals surface area contributed by atoms with Crippen molar-refractivity contribution in [1.82, 2.24) is 14.9 Å².